The zero-order valence-electron chi connectivity index (χ0n) is 12.1. The quantitative estimate of drug-likeness (QED) is 0.717. The monoisotopic (exact) mass is 349 g/mol. The summed E-state index contributed by atoms with van der Waals surface area (Å²) in [6.07, 6.45) is 2.14. The molecule has 0 aliphatic carbocycles. The van der Waals surface area contributed by atoms with Crippen molar-refractivity contribution in [2.24, 2.45) is 0 Å². The molecule has 0 spiro atoms. The number of aromatic nitrogens is 3. The summed E-state index contributed by atoms with van der Waals surface area (Å²) in [6.45, 7) is 0.666. The van der Waals surface area contributed by atoms with Crippen LogP contribution in [0.4, 0.5) is 0 Å². The average molecular weight is 350 g/mol. The van der Waals surface area contributed by atoms with Gasteiger partial charge in [-0.1, -0.05) is 41.4 Å². The van der Waals surface area contributed by atoms with E-state index < -0.39 is 0 Å². The maximum absolute atomic E-state index is 12.0. The number of rotatable bonds is 5. The van der Waals surface area contributed by atoms with E-state index >= 15 is 0 Å². The van der Waals surface area contributed by atoms with E-state index in [4.69, 9.17) is 27.9 Å². The first-order valence-corrected chi connectivity index (χ1v) is 7.74. The molecule has 0 fully saturated rings. The van der Waals surface area contributed by atoms with Crippen LogP contribution in [0, 0.1) is 0 Å². The summed E-state index contributed by atoms with van der Waals surface area (Å²) in [6, 6.07) is 9.15. The zero-order valence-corrected chi connectivity index (χ0v) is 13.6. The van der Waals surface area contributed by atoms with Crippen molar-refractivity contribution in [3.63, 3.8) is 0 Å². The highest BCUT2D eigenvalue weighted by atomic mass is 35.5. The first-order valence-electron chi connectivity index (χ1n) is 6.99. The molecule has 0 radical (unpaired) electrons. The van der Waals surface area contributed by atoms with Crippen molar-refractivity contribution in [3.05, 3.63) is 68.3 Å². The SMILES string of the molecule is O=c1[nH]c(COCCc2ccccc2Cl)nc2ncc(Cl)cc12. The standard InChI is InChI=1S/C16H13Cl2N3O2/c17-11-7-12-15(19-8-11)20-14(21-16(12)22)9-23-6-5-10-3-1-2-4-13(10)18/h1-4,7-8H,5-6,9H2,(H,19,20,21,22). The number of benzene rings is 1. The van der Waals surface area contributed by atoms with E-state index in [1.54, 1.807) is 0 Å². The number of H-pyrrole nitrogens is 1. The van der Waals surface area contributed by atoms with Crippen molar-refractivity contribution in [1.82, 2.24) is 15.0 Å². The van der Waals surface area contributed by atoms with Crippen molar-refractivity contribution < 1.29 is 4.74 Å². The van der Waals surface area contributed by atoms with Gasteiger partial charge in [0.1, 0.15) is 12.4 Å². The molecule has 0 saturated heterocycles. The molecule has 2 heterocycles. The number of ether oxygens (including phenoxy) is 1. The van der Waals surface area contributed by atoms with E-state index in [2.05, 4.69) is 15.0 Å². The minimum atomic E-state index is -0.283. The van der Waals surface area contributed by atoms with Gasteiger partial charge in [-0.3, -0.25) is 4.79 Å². The second kappa shape index (κ2) is 7.08. The van der Waals surface area contributed by atoms with Crippen LogP contribution >= 0.6 is 23.2 Å². The summed E-state index contributed by atoms with van der Waals surface area (Å²) >= 11 is 11.9. The molecule has 0 aliphatic heterocycles. The van der Waals surface area contributed by atoms with Gasteiger partial charge in [0.25, 0.3) is 5.56 Å². The van der Waals surface area contributed by atoms with E-state index in [1.165, 1.54) is 12.3 Å². The Labute approximate surface area is 142 Å². The fourth-order valence-corrected chi connectivity index (χ4v) is 2.55. The van der Waals surface area contributed by atoms with E-state index in [0.717, 1.165) is 10.6 Å². The lowest BCUT2D eigenvalue weighted by Crippen LogP contribution is -2.14. The van der Waals surface area contributed by atoms with E-state index in [0.29, 0.717) is 34.9 Å². The topological polar surface area (TPSA) is 67.9 Å². The van der Waals surface area contributed by atoms with Crippen LogP contribution in [0.5, 0.6) is 0 Å². The second-order valence-corrected chi connectivity index (χ2v) is 5.77. The third-order valence-corrected chi connectivity index (χ3v) is 3.86. The average Bonchev–Trinajstić information content (AvgIpc) is 2.54. The number of hydrogen-bond acceptors (Lipinski definition) is 4. The molecule has 0 amide bonds. The molecule has 23 heavy (non-hydrogen) atoms. The van der Waals surface area contributed by atoms with Gasteiger partial charge in [-0.2, -0.15) is 0 Å². The summed E-state index contributed by atoms with van der Waals surface area (Å²) in [4.78, 5) is 23.0. The molecular weight excluding hydrogens is 337 g/mol. The normalized spacial score (nSPS) is 11.0. The Bertz CT molecular complexity index is 896. The highest BCUT2D eigenvalue weighted by Crippen LogP contribution is 2.15. The summed E-state index contributed by atoms with van der Waals surface area (Å²) in [7, 11) is 0. The summed E-state index contributed by atoms with van der Waals surface area (Å²) in [5.74, 6) is 0.427. The van der Waals surface area contributed by atoms with Gasteiger partial charge in [-0.25, -0.2) is 9.97 Å². The molecule has 2 aromatic heterocycles. The second-order valence-electron chi connectivity index (χ2n) is 4.93. The van der Waals surface area contributed by atoms with Gasteiger partial charge in [0.05, 0.1) is 17.0 Å². The summed E-state index contributed by atoms with van der Waals surface area (Å²) in [5, 5.41) is 1.47. The molecule has 1 N–H and O–H groups in total. The minimum Gasteiger partial charge on any atom is -0.373 e. The van der Waals surface area contributed by atoms with Gasteiger partial charge in [0.15, 0.2) is 5.65 Å². The fraction of sp³-hybridized carbons (Fsp3) is 0.188. The smallest absolute Gasteiger partial charge is 0.260 e. The molecular formula is C16H13Cl2N3O2. The van der Waals surface area contributed by atoms with Crippen LogP contribution in [0.25, 0.3) is 11.0 Å². The minimum absolute atomic E-state index is 0.194. The lowest BCUT2D eigenvalue weighted by molar-refractivity contribution is 0.118. The number of hydrogen-bond donors (Lipinski definition) is 1. The molecule has 1 aromatic carbocycles. The number of aromatic amines is 1. The fourth-order valence-electron chi connectivity index (χ4n) is 2.16. The van der Waals surface area contributed by atoms with Crippen LogP contribution in [-0.2, 0) is 17.8 Å². The van der Waals surface area contributed by atoms with Gasteiger partial charge >= 0.3 is 0 Å². The maximum Gasteiger partial charge on any atom is 0.260 e. The number of fused-ring (bicyclic) bond motifs is 1. The first-order chi connectivity index (χ1) is 11.1. The van der Waals surface area contributed by atoms with Crippen LogP contribution in [0.3, 0.4) is 0 Å². The van der Waals surface area contributed by atoms with Crippen molar-refractivity contribution in [2.75, 3.05) is 6.61 Å². The van der Waals surface area contributed by atoms with Crippen molar-refractivity contribution in [2.45, 2.75) is 13.0 Å². The third kappa shape index (κ3) is 3.88. The first kappa shape index (κ1) is 15.9. The van der Waals surface area contributed by atoms with Gasteiger partial charge in [0, 0.05) is 11.2 Å². The summed E-state index contributed by atoms with van der Waals surface area (Å²) < 4.78 is 5.56. The highest BCUT2D eigenvalue weighted by molar-refractivity contribution is 6.31. The zero-order chi connectivity index (χ0) is 16.2. The van der Waals surface area contributed by atoms with Crippen LogP contribution in [0.1, 0.15) is 11.4 Å². The lowest BCUT2D eigenvalue weighted by Gasteiger charge is -2.06. The molecule has 0 aliphatic rings. The van der Waals surface area contributed by atoms with E-state index in [1.807, 2.05) is 24.3 Å². The molecule has 0 bridgehead atoms. The molecule has 7 heteroatoms. The van der Waals surface area contributed by atoms with Crippen LogP contribution in [0.2, 0.25) is 10.0 Å². The largest absolute Gasteiger partial charge is 0.373 e. The van der Waals surface area contributed by atoms with Crippen LogP contribution < -0.4 is 5.56 Å². The van der Waals surface area contributed by atoms with Gasteiger partial charge < -0.3 is 9.72 Å². The summed E-state index contributed by atoms with van der Waals surface area (Å²) in [5.41, 5.74) is 1.09. The number of pyridine rings is 1. The Hall–Kier alpha value is -1.95. The van der Waals surface area contributed by atoms with E-state index in [-0.39, 0.29) is 12.2 Å². The van der Waals surface area contributed by atoms with Gasteiger partial charge in [0.2, 0.25) is 0 Å². The van der Waals surface area contributed by atoms with Crippen molar-refractivity contribution in [3.8, 4) is 0 Å². The van der Waals surface area contributed by atoms with Gasteiger partial charge in [-0.05, 0) is 24.1 Å². The number of halogens is 2. The van der Waals surface area contributed by atoms with Gasteiger partial charge in [-0.15, -0.1) is 0 Å². The molecule has 118 valence electrons. The Kier molecular flexibility index (Phi) is 4.91. The molecule has 0 saturated carbocycles. The number of nitrogens with one attached hydrogen (secondary N) is 1. The third-order valence-electron chi connectivity index (χ3n) is 3.29. The molecule has 0 unspecified atom stereocenters. The van der Waals surface area contributed by atoms with E-state index in [9.17, 15) is 4.79 Å². The van der Waals surface area contributed by atoms with Crippen molar-refractivity contribution >= 4 is 34.2 Å². The predicted molar refractivity (Wildman–Crippen MR) is 90.0 cm³/mol. The molecule has 0 atom stereocenters. The highest BCUT2D eigenvalue weighted by Gasteiger charge is 2.06. The molecule has 5 nitrogen and oxygen atoms in total. The molecule has 3 rings (SSSR count). The predicted octanol–water partition coefficient (Wildman–Crippen LogP) is 3.38. The molecule has 3 aromatic rings. The maximum atomic E-state index is 12.0. The van der Waals surface area contributed by atoms with Crippen LogP contribution in [0.15, 0.2) is 41.3 Å². The Morgan fingerprint density at radius 3 is 2.87 bits per heavy atom. The number of nitrogens with zero attached hydrogens (tertiary/aromatic N) is 2. The Balaban J connectivity index is 1.65. The lowest BCUT2D eigenvalue weighted by atomic mass is 10.2. The Morgan fingerprint density at radius 1 is 1.22 bits per heavy atom. The van der Waals surface area contributed by atoms with Crippen molar-refractivity contribution in [1.29, 1.82) is 0 Å². The Morgan fingerprint density at radius 2 is 2.04 bits per heavy atom. The van der Waals surface area contributed by atoms with Crippen LogP contribution in [-0.4, -0.2) is 21.6 Å².